The first-order chi connectivity index (χ1) is 10.0. The van der Waals surface area contributed by atoms with Crippen molar-refractivity contribution < 1.29 is 13.2 Å². The first kappa shape index (κ1) is 15.8. The number of hydrogen-bond donors (Lipinski definition) is 0. The van der Waals surface area contributed by atoms with E-state index in [9.17, 15) is 8.42 Å². The molecule has 0 bridgehead atoms. The van der Waals surface area contributed by atoms with Gasteiger partial charge in [0.2, 0.25) is 0 Å². The van der Waals surface area contributed by atoms with Crippen molar-refractivity contribution in [3.05, 3.63) is 29.8 Å². The van der Waals surface area contributed by atoms with Crippen LogP contribution in [-0.4, -0.2) is 44.5 Å². The van der Waals surface area contributed by atoms with Gasteiger partial charge in [0.25, 0.3) is 0 Å². The van der Waals surface area contributed by atoms with Crippen LogP contribution in [-0.2, 0) is 16.4 Å². The number of benzene rings is 1. The lowest BCUT2D eigenvalue weighted by atomic mass is 10.1. The maximum absolute atomic E-state index is 11.6. The number of sulfone groups is 1. The quantitative estimate of drug-likeness (QED) is 0.798. The van der Waals surface area contributed by atoms with Gasteiger partial charge >= 0.3 is 0 Å². The summed E-state index contributed by atoms with van der Waals surface area (Å²) in [5.74, 6) is 1.25. The van der Waals surface area contributed by atoms with Crippen LogP contribution in [0, 0.1) is 11.3 Å². The van der Waals surface area contributed by atoms with Gasteiger partial charge in [-0.1, -0.05) is 12.1 Å². The molecule has 0 unspecified atom stereocenters. The van der Waals surface area contributed by atoms with Gasteiger partial charge in [-0.3, -0.25) is 4.90 Å². The maximum Gasteiger partial charge on any atom is 0.151 e. The van der Waals surface area contributed by atoms with Crippen molar-refractivity contribution in [3.8, 4) is 11.8 Å². The normalized spacial score (nSPS) is 20.3. The minimum atomic E-state index is -2.91. The molecule has 1 aliphatic heterocycles. The molecule has 21 heavy (non-hydrogen) atoms. The fourth-order valence-electron chi connectivity index (χ4n) is 2.61. The summed E-state index contributed by atoms with van der Waals surface area (Å²) in [6.45, 7) is 1.26. The fourth-order valence-corrected chi connectivity index (χ4v) is 4.37. The minimum absolute atomic E-state index is 0.0189. The van der Waals surface area contributed by atoms with Crippen LogP contribution in [0.25, 0.3) is 0 Å². The van der Waals surface area contributed by atoms with E-state index in [1.165, 1.54) is 0 Å². The summed E-state index contributed by atoms with van der Waals surface area (Å²) in [5, 5.41) is 8.78. The smallest absolute Gasteiger partial charge is 0.151 e. The zero-order valence-corrected chi connectivity index (χ0v) is 13.0. The molecule has 0 spiro atoms. The molecule has 1 fully saturated rings. The zero-order valence-electron chi connectivity index (χ0n) is 12.2. The van der Waals surface area contributed by atoms with Gasteiger partial charge in [-0.2, -0.15) is 5.26 Å². The molecule has 114 valence electrons. The predicted octanol–water partition coefficient (Wildman–Crippen LogP) is 1.60. The fraction of sp³-hybridized carbons (Fsp3) is 0.533. The molecule has 1 aromatic rings. The van der Waals surface area contributed by atoms with Gasteiger partial charge < -0.3 is 4.74 Å². The molecule has 1 aromatic carbocycles. The molecular weight excluding hydrogens is 288 g/mol. The standard InChI is InChI=1S/C15H20N2O3S/c1-20-15-5-3-13(4-6-15)11-17(9-2-8-16)14-7-10-21(18,19)12-14/h3-6,14H,2,7,9-12H2,1H3/t14-/m0/s1. The second-order valence-corrected chi connectivity index (χ2v) is 7.51. The third-order valence-electron chi connectivity index (χ3n) is 3.78. The van der Waals surface area contributed by atoms with Gasteiger partial charge in [-0.15, -0.1) is 0 Å². The monoisotopic (exact) mass is 308 g/mol. The maximum atomic E-state index is 11.6. The predicted molar refractivity (Wildman–Crippen MR) is 80.7 cm³/mol. The molecule has 0 N–H and O–H groups in total. The average molecular weight is 308 g/mol. The number of nitrogens with zero attached hydrogens (tertiary/aromatic N) is 2. The van der Waals surface area contributed by atoms with Crippen molar-refractivity contribution in [1.29, 1.82) is 5.26 Å². The van der Waals surface area contributed by atoms with Crippen LogP contribution in [0.4, 0.5) is 0 Å². The molecule has 2 rings (SSSR count). The Morgan fingerprint density at radius 3 is 2.62 bits per heavy atom. The van der Waals surface area contributed by atoms with E-state index < -0.39 is 9.84 Å². The van der Waals surface area contributed by atoms with Crippen LogP contribution in [0.2, 0.25) is 0 Å². The highest BCUT2D eigenvalue weighted by atomic mass is 32.2. The third kappa shape index (κ3) is 4.45. The van der Waals surface area contributed by atoms with E-state index in [0.717, 1.165) is 11.3 Å². The van der Waals surface area contributed by atoms with Crippen molar-refractivity contribution in [3.63, 3.8) is 0 Å². The van der Waals surface area contributed by atoms with Gasteiger partial charge in [-0.05, 0) is 24.1 Å². The van der Waals surface area contributed by atoms with E-state index in [1.807, 2.05) is 24.3 Å². The molecule has 1 heterocycles. The van der Waals surface area contributed by atoms with E-state index in [-0.39, 0.29) is 17.5 Å². The lowest BCUT2D eigenvalue weighted by Gasteiger charge is -2.27. The third-order valence-corrected chi connectivity index (χ3v) is 5.53. The average Bonchev–Trinajstić information content (AvgIpc) is 2.84. The Morgan fingerprint density at radius 2 is 2.10 bits per heavy atom. The van der Waals surface area contributed by atoms with E-state index in [1.54, 1.807) is 7.11 Å². The van der Waals surface area contributed by atoms with Gasteiger partial charge in [0.1, 0.15) is 5.75 Å². The number of methoxy groups -OCH3 is 1. The number of hydrogen-bond acceptors (Lipinski definition) is 5. The molecule has 0 aliphatic carbocycles. The van der Waals surface area contributed by atoms with Crippen LogP contribution in [0.1, 0.15) is 18.4 Å². The van der Waals surface area contributed by atoms with Gasteiger partial charge in [-0.25, -0.2) is 8.42 Å². The van der Waals surface area contributed by atoms with Crippen LogP contribution < -0.4 is 4.74 Å². The van der Waals surface area contributed by atoms with Crippen molar-refractivity contribution in [1.82, 2.24) is 4.90 Å². The van der Waals surface area contributed by atoms with Crippen molar-refractivity contribution in [2.45, 2.75) is 25.4 Å². The molecular formula is C15H20N2O3S. The zero-order chi connectivity index (χ0) is 15.3. The summed E-state index contributed by atoms with van der Waals surface area (Å²) in [4.78, 5) is 2.11. The molecule has 0 saturated carbocycles. The summed E-state index contributed by atoms with van der Waals surface area (Å²) in [5.41, 5.74) is 1.10. The lowest BCUT2D eigenvalue weighted by molar-refractivity contribution is 0.208. The molecule has 1 atom stereocenters. The molecule has 1 aliphatic rings. The highest BCUT2D eigenvalue weighted by molar-refractivity contribution is 7.91. The molecule has 1 saturated heterocycles. The summed E-state index contributed by atoms with van der Waals surface area (Å²) >= 11 is 0. The Kier molecular flexibility index (Phi) is 5.21. The Labute approximate surface area is 126 Å². The Bertz CT molecular complexity index is 605. The van der Waals surface area contributed by atoms with E-state index in [0.29, 0.717) is 25.9 Å². The minimum Gasteiger partial charge on any atom is -0.497 e. The number of rotatable bonds is 6. The Hall–Kier alpha value is -1.58. The molecule has 0 aromatic heterocycles. The van der Waals surface area contributed by atoms with Crippen LogP contribution in [0.3, 0.4) is 0 Å². The Morgan fingerprint density at radius 1 is 1.38 bits per heavy atom. The Balaban J connectivity index is 2.07. The highest BCUT2D eigenvalue weighted by Gasteiger charge is 2.31. The lowest BCUT2D eigenvalue weighted by Crippen LogP contribution is -2.36. The SMILES string of the molecule is COc1ccc(CN(CCC#N)[C@H]2CCS(=O)(=O)C2)cc1. The van der Waals surface area contributed by atoms with E-state index in [4.69, 9.17) is 10.00 Å². The van der Waals surface area contributed by atoms with Crippen molar-refractivity contribution in [2.75, 3.05) is 25.2 Å². The van der Waals surface area contributed by atoms with Gasteiger partial charge in [0.15, 0.2) is 9.84 Å². The first-order valence-electron chi connectivity index (χ1n) is 6.98. The summed E-state index contributed by atoms with van der Waals surface area (Å²) in [6, 6.07) is 9.89. The number of ether oxygens (including phenoxy) is 1. The molecule has 5 nitrogen and oxygen atoms in total. The van der Waals surface area contributed by atoms with E-state index >= 15 is 0 Å². The van der Waals surface area contributed by atoms with Gasteiger partial charge in [0.05, 0.1) is 24.7 Å². The first-order valence-corrected chi connectivity index (χ1v) is 8.80. The van der Waals surface area contributed by atoms with Crippen LogP contribution in [0.5, 0.6) is 5.75 Å². The van der Waals surface area contributed by atoms with Gasteiger partial charge in [0, 0.05) is 25.6 Å². The number of nitriles is 1. The molecule has 6 heteroatoms. The topological polar surface area (TPSA) is 70.4 Å². The summed E-state index contributed by atoms with van der Waals surface area (Å²) in [6.07, 6.45) is 1.07. The van der Waals surface area contributed by atoms with E-state index in [2.05, 4.69) is 11.0 Å². The largest absolute Gasteiger partial charge is 0.497 e. The van der Waals surface area contributed by atoms with Crippen molar-refractivity contribution >= 4 is 9.84 Å². The summed E-state index contributed by atoms with van der Waals surface area (Å²) < 4.78 is 28.4. The molecule has 0 amide bonds. The van der Waals surface area contributed by atoms with Crippen LogP contribution in [0.15, 0.2) is 24.3 Å². The second kappa shape index (κ2) is 6.92. The summed E-state index contributed by atoms with van der Waals surface area (Å²) in [7, 11) is -1.29. The second-order valence-electron chi connectivity index (χ2n) is 5.28. The molecule has 0 radical (unpaired) electrons. The highest BCUT2D eigenvalue weighted by Crippen LogP contribution is 2.21. The van der Waals surface area contributed by atoms with Crippen molar-refractivity contribution in [2.24, 2.45) is 0 Å². The van der Waals surface area contributed by atoms with Crippen LogP contribution >= 0.6 is 0 Å².